The summed E-state index contributed by atoms with van der Waals surface area (Å²) in [6.45, 7) is 5.75. The van der Waals surface area contributed by atoms with Gasteiger partial charge in [0.15, 0.2) is 0 Å². The van der Waals surface area contributed by atoms with E-state index in [-0.39, 0.29) is 5.91 Å². The summed E-state index contributed by atoms with van der Waals surface area (Å²) in [5.74, 6) is 0.925. The van der Waals surface area contributed by atoms with Crippen molar-refractivity contribution in [3.8, 4) is 0 Å². The van der Waals surface area contributed by atoms with Crippen molar-refractivity contribution >= 4 is 50.7 Å². The standard InChI is InChI=1S/C12H21N3O3S3/c1-6-7-8-19-21-15(5)11(17)18-13-10-14(4)9(16)12(2,3)20-10/h6-8H2,1-5H3. The molecule has 0 unspecified atom stereocenters. The maximum atomic E-state index is 11.9. The summed E-state index contributed by atoms with van der Waals surface area (Å²) >= 11 is 1.28. The van der Waals surface area contributed by atoms with E-state index < -0.39 is 10.8 Å². The van der Waals surface area contributed by atoms with Crippen molar-refractivity contribution in [2.45, 2.75) is 38.4 Å². The summed E-state index contributed by atoms with van der Waals surface area (Å²) < 4.78 is 0.813. The van der Waals surface area contributed by atoms with Gasteiger partial charge in [-0.15, -0.1) is 0 Å². The molecule has 1 rings (SSSR count). The van der Waals surface area contributed by atoms with Crippen LogP contribution in [0, 0.1) is 0 Å². The van der Waals surface area contributed by atoms with Gasteiger partial charge in [0, 0.05) is 30.8 Å². The third-order valence-electron chi connectivity index (χ3n) is 2.66. The molecule has 0 spiro atoms. The van der Waals surface area contributed by atoms with Gasteiger partial charge in [-0.1, -0.05) is 35.9 Å². The molecule has 0 atom stereocenters. The lowest BCUT2D eigenvalue weighted by Crippen LogP contribution is -2.33. The molecular weight excluding hydrogens is 330 g/mol. The van der Waals surface area contributed by atoms with Crippen LogP contribution < -0.4 is 0 Å². The molecule has 120 valence electrons. The predicted octanol–water partition coefficient (Wildman–Crippen LogP) is 3.41. The van der Waals surface area contributed by atoms with Gasteiger partial charge >= 0.3 is 6.09 Å². The Morgan fingerprint density at radius 3 is 2.71 bits per heavy atom. The molecule has 0 radical (unpaired) electrons. The Kier molecular flexibility index (Phi) is 7.22. The maximum Gasteiger partial charge on any atom is 0.446 e. The van der Waals surface area contributed by atoms with Crippen molar-refractivity contribution in [1.82, 2.24) is 9.21 Å². The van der Waals surface area contributed by atoms with Crippen LogP contribution in [0.3, 0.4) is 0 Å². The van der Waals surface area contributed by atoms with Crippen LogP contribution in [-0.2, 0) is 9.63 Å². The molecule has 6 nitrogen and oxygen atoms in total. The van der Waals surface area contributed by atoms with Gasteiger partial charge in [0.25, 0.3) is 0 Å². The van der Waals surface area contributed by atoms with Crippen molar-refractivity contribution < 1.29 is 14.4 Å². The summed E-state index contributed by atoms with van der Waals surface area (Å²) in [7, 11) is 6.18. The van der Waals surface area contributed by atoms with Crippen LogP contribution in [0.25, 0.3) is 0 Å². The van der Waals surface area contributed by atoms with Crippen LogP contribution >= 0.6 is 33.5 Å². The Labute approximate surface area is 137 Å². The van der Waals surface area contributed by atoms with Crippen LogP contribution in [0.15, 0.2) is 5.16 Å². The van der Waals surface area contributed by atoms with Crippen LogP contribution in [0.4, 0.5) is 4.79 Å². The summed E-state index contributed by atoms with van der Waals surface area (Å²) in [6.07, 6.45) is 1.69. The zero-order valence-corrected chi connectivity index (χ0v) is 15.4. The second kappa shape index (κ2) is 8.19. The molecule has 0 N–H and O–H groups in total. The molecule has 0 aromatic heterocycles. The second-order valence-corrected chi connectivity index (χ2v) is 9.04. The minimum Gasteiger partial charge on any atom is -0.295 e. The minimum absolute atomic E-state index is 0.0554. The fourth-order valence-electron chi connectivity index (χ4n) is 1.40. The molecule has 0 aliphatic carbocycles. The number of rotatable bonds is 6. The fourth-order valence-corrected chi connectivity index (χ4v) is 4.34. The molecule has 0 bridgehead atoms. The van der Waals surface area contributed by atoms with E-state index in [4.69, 9.17) is 4.84 Å². The quantitative estimate of drug-likeness (QED) is 0.240. The lowest BCUT2D eigenvalue weighted by atomic mass is 10.2. The van der Waals surface area contributed by atoms with Gasteiger partial charge in [0.1, 0.15) is 0 Å². The van der Waals surface area contributed by atoms with Crippen molar-refractivity contribution in [3.05, 3.63) is 0 Å². The molecule has 0 saturated carbocycles. The Bertz CT molecular complexity index is 429. The molecule has 9 heteroatoms. The highest BCUT2D eigenvalue weighted by Crippen LogP contribution is 2.36. The van der Waals surface area contributed by atoms with Crippen LogP contribution in [-0.4, -0.2) is 51.0 Å². The van der Waals surface area contributed by atoms with E-state index in [1.165, 1.54) is 31.9 Å². The molecule has 0 aromatic carbocycles. The van der Waals surface area contributed by atoms with E-state index in [9.17, 15) is 9.59 Å². The second-order valence-electron chi connectivity index (χ2n) is 4.96. The van der Waals surface area contributed by atoms with E-state index in [0.717, 1.165) is 18.6 Å². The van der Waals surface area contributed by atoms with Gasteiger partial charge in [0.2, 0.25) is 11.1 Å². The van der Waals surface area contributed by atoms with Gasteiger partial charge in [-0.2, -0.15) is 0 Å². The number of oxime groups is 1. The van der Waals surface area contributed by atoms with E-state index in [0.29, 0.717) is 5.17 Å². The van der Waals surface area contributed by atoms with Crippen LogP contribution in [0.5, 0.6) is 0 Å². The SMILES string of the molecule is CCCCSSN(C)C(=O)ON=C1SC(C)(C)C(=O)N1C. The monoisotopic (exact) mass is 351 g/mol. The summed E-state index contributed by atoms with van der Waals surface area (Å²) in [6, 6.07) is 0. The molecule has 0 aromatic rings. The number of carbonyl (C=O) groups excluding carboxylic acids is 2. The molecule has 1 saturated heterocycles. The van der Waals surface area contributed by atoms with Gasteiger partial charge in [-0.05, 0) is 25.4 Å². The third-order valence-corrected chi connectivity index (χ3v) is 6.29. The number of unbranched alkanes of at least 4 members (excludes halogenated alkanes) is 1. The molecule has 21 heavy (non-hydrogen) atoms. The van der Waals surface area contributed by atoms with Gasteiger partial charge in [-0.25, -0.2) is 9.10 Å². The molecule has 1 aliphatic heterocycles. The van der Waals surface area contributed by atoms with E-state index in [1.807, 2.05) is 13.8 Å². The first-order chi connectivity index (χ1) is 9.79. The Morgan fingerprint density at radius 2 is 2.19 bits per heavy atom. The largest absolute Gasteiger partial charge is 0.446 e. The molecule has 1 fully saturated rings. The minimum atomic E-state index is -0.573. The third kappa shape index (κ3) is 5.30. The lowest BCUT2D eigenvalue weighted by molar-refractivity contribution is -0.127. The number of thioether (sulfide) groups is 1. The molecule has 2 amide bonds. The van der Waals surface area contributed by atoms with Gasteiger partial charge < -0.3 is 0 Å². The zero-order chi connectivity index (χ0) is 16.0. The van der Waals surface area contributed by atoms with Crippen LogP contribution in [0.2, 0.25) is 0 Å². The van der Waals surface area contributed by atoms with Gasteiger partial charge in [-0.3, -0.25) is 14.5 Å². The van der Waals surface area contributed by atoms with Crippen LogP contribution in [0.1, 0.15) is 33.6 Å². The predicted molar refractivity (Wildman–Crippen MR) is 91.1 cm³/mol. The Morgan fingerprint density at radius 1 is 1.52 bits per heavy atom. The average molecular weight is 352 g/mol. The number of amidine groups is 1. The summed E-state index contributed by atoms with van der Waals surface area (Å²) in [5, 5.41) is 4.19. The first-order valence-corrected chi connectivity index (χ1v) is 9.68. The number of hydrogen-bond acceptors (Lipinski definition) is 7. The maximum absolute atomic E-state index is 11.9. The normalized spacial score (nSPS) is 19.2. The van der Waals surface area contributed by atoms with Crippen molar-refractivity contribution in [1.29, 1.82) is 0 Å². The van der Waals surface area contributed by atoms with E-state index in [1.54, 1.807) is 24.9 Å². The molecule has 1 aliphatic rings. The first kappa shape index (κ1) is 18.5. The molecule has 1 heterocycles. The highest BCUT2D eigenvalue weighted by Gasteiger charge is 2.43. The summed E-state index contributed by atoms with van der Waals surface area (Å²) in [4.78, 5) is 29.9. The van der Waals surface area contributed by atoms with E-state index >= 15 is 0 Å². The smallest absolute Gasteiger partial charge is 0.295 e. The zero-order valence-electron chi connectivity index (χ0n) is 12.9. The Hall–Kier alpha value is -0.540. The van der Waals surface area contributed by atoms with Gasteiger partial charge in [0.05, 0.1) is 4.75 Å². The number of amides is 2. The molecular formula is C12H21N3O3S3. The topological polar surface area (TPSA) is 62.2 Å². The first-order valence-electron chi connectivity index (χ1n) is 6.59. The fraction of sp³-hybridized carbons (Fsp3) is 0.750. The lowest BCUT2D eigenvalue weighted by Gasteiger charge is -2.13. The highest BCUT2D eigenvalue weighted by molar-refractivity contribution is 8.75. The number of nitrogens with zero attached hydrogens (tertiary/aromatic N) is 3. The summed E-state index contributed by atoms with van der Waals surface area (Å²) in [5.41, 5.74) is 0. The number of carbonyl (C=O) groups is 2. The Balaban J connectivity index is 2.45. The van der Waals surface area contributed by atoms with Crippen molar-refractivity contribution in [2.24, 2.45) is 5.16 Å². The van der Waals surface area contributed by atoms with E-state index in [2.05, 4.69) is 12.1 Å². The highest BCUT2D eigenvalue weighted by atomic mass is 33.1. The number of hydrogen-bond donors (Lipinski definition) is 0. The van der Waals surface area contributed by atoms with Crippen molar-refractivity contribution in [2.75, 3.05) is 19.8 Å². The average Bonchev–Trinajstić information content (AvgIpc) is 2.64. The van der Waals surface area contributed by atoms with Crippen molar-refractivity contribution in [3.63, 3.8) is 0 Å².